The first-order valence-corrected chi connectivity index (χ1v) is 8.26. The summed E-state index contributed by atoms with van der Waals surface area (Å²) in [6.45, 7) is 3.64. The molecule has 0 radical (unpaired) electrons. The lowest BCUT2D eigenvalue weighted by molar-refractivity contribution is -0.158. The highest BCUT2D eigenvalue weighted by Gasteiger charge is 2.37. The van der Waals surface area contributed by atoms with Gasteiger partial charge in [0.05, 0.1) is 13.1 Å². The molecule has 0 spiro atoms. The van der Waals surface area contributed by atoms with E-state index in [9.17, 15) is 18.8 Å². The second-order valence-corrected chi connectivity index (χ2v) is 6.08. The molecular formula is C17H20FN3O4. The summed E-state index contributed by atoms with van der Waals surface area (Å²) in [7, 11) is 0. The van der Waals surface area contributed by atoms with Crippen LogP contribution in [0.25, 0.3) is 0 Å². The van der Waals surface area contributed by atoms with E-state index < -0.39 is 17.6 Å². The van der Waals surface area contributed by atoms with Crippen LogP contribution in [0.4, 0.5) is 4.39 Å². The third-order valence-corrected chi connectivity index (χ3v) is 4.44. The highest BCUT2D eigenvalue weighted by molar-refractivity contribution is 6.35. The molecule has 1 aromatic carbocycles. The van der Waals surface area contributed by atoms with E-state index in [-0.39, 0.29) is 24.3 Å². The van der Waals surface area contributed by atoms with E-state index in [2.05, 4.69) is 0 Å². The summed E-state index contributed by atoms with van der Waals surface area (Å²) in [5.41, 5.74) is 0. The van der Waals surface area contributed by atoms with E-state index in [1.54, 1.807) is 12.1 Å². The minimum atomic E-state index is -0.638. The molecule has 0 aromatic heterocycles. The van der Waals surface area contributed by atoms with Crippen LogP contribution in [0.2, 0.25) is 0 Å². The van der Waals surface area contributed by atoms with E-state index in [1.807, 2.05) is 6.92 Å². The number of nitrogens with zero attached hydrogens (tertiary/aromatic N) is 3. The van der Waals surface area contributed by atoms with Gasteiger partial charge in [-0.05, 0) is 19.1 Å². The molecule has 0 unspecified atom stereocenters. The topological polar surface area (TPSA) is 70.2 Å². The highest BCUT2D eigenvalue weighted by atomic mass is 19.1. The number of hydrogen-bond acceptors (Lipinski definition) is 4. The first-order valence-electron chi connectivity index (χ1n) is 8.26. The van der Waals surface area contributed by atoms with Crippen molar-refractivity contribution in [2.75, 3.05) is 39.3 Å². The zero-order chi connectivity index (χ0) is 18.0. The van der Waals surface area contributed by atoms with Crippen LogP contribution in [-0.4, -0.2) is 77.8 Å². The number of halogens is 1. The van der Waals surface area contributed by atoms with Crippen molar-refractivity contribution in [3.63, 3.8) is 0 Å². The number of amides is 3. The molecule has 0 bridgehead atoms. The molecule has 2 heterocycles. The molecule has 0 aliphatic carbocycles. The molecule has 2 aliphatic rings. The van der Waals surface area contributed by atoms with E-state index in [1.165, 1.54) is 26.8 Å². The van der Waals surface area contributed by atoms with Crippen molar-refractivity contribution in [3.05, 3.63) is 30.1 Å². The van der Waals surface area contributed by atoms with Gasteiger partial charge in [0, 0.05) is 19.6 Å². The Bertz CT molecular complexity index is 690. The zero-order valence-electron chi connectivity index (χ0n) is 14.0. The van der Waals surface area contributed by atoms with E-state index >= 15 is 0 Å². The van der Waals surface area contributed by atoms with Crippen LogP contribution in [0.5, 0.6) is 5.75 Å². The lowest BCUT2D eigenvalue weighted by atomic mass is 10.1. The van der Waals surface area contributed by atoms with Gasteiger partial charge in [-0.2, -0.15) is 0 Å². The van der Waals surface area contributed by atoms with Crippen LogP contribution in [0.1, 0.15) is 6.92 Å². The summed E-state index contributed by atoms with van der Waals surface area (Å²) in [6, 6.07) is 6.11. The van der Waals surface area contributed by atoms with Gasteiger partial charge in [0.2, 0.25) is 5.91 Å². The number of likely N-dealkylation sites (tertiary alicyclic amines) is 1. The Labute approximate surface area is 144 Å². The van der Waals surface area contributed by atoms with E-state index in [4.69, 9.17) is 4.74 Å². The Morgan fingerprint density at radius 3 is 2.48 bits per heavy atom. The summed E-state index contributed by atoms with van der Waals surface area (Å²) in [5.74, 6) is -1.72. The molecule has 134 valence electrons. The van der Waals surface area contributed by atoms with Crippen molar-refractivity contribution in [2.45, 2.75) is 13.0 Å². The molecular weight excluding hydrogens is 329 g/mol. The van der Waals surface area contributed by atoms with Gasteiger partial charge in [-0.15, -0.1) is 0 Å². The van der Waals surface area contributed by atoms with Crippen LogP contribution >= 0.6 is 0 Å². The molecule has 0 saturated carbocycles. The fraction of sp³-hybridized carbons (Fsp3) is 0.471. The van der Waals surface area contributed by atoms with Gasteiger partial charge in [-0.25, -0.2) is 4.39 Å². The first kappa shape index (κ1) is 17.2. The number of carbonyl (C=O) groups is 3. The zero-order valence-corrected chi connectivity index (χ0v) is 14.0. The SMILES string of the molecule is CCN1CCN(CC(=O)N2CC(Oc3ccccc3F)C2)C(=O)C1=O. The number of piperazine rings is 1. The molecule has 0 N–H and O–H groups in total. The normalized spacial score (nSPS) is 18.4. The van der Waals surface area contributed by atoms with Crippen LogP contribution in [0.15, 0.2) is 24.3 Å². The number of rotatable bonds is 5. The van der Waals surface area contributed by atoms with Crippen molar-refractivity contribution >= 4 is 17.7 Å². The van der Waals surface area contributed by atoms with Gasteiger partial charge in [0.15, 0.2) is 11.6 Å². The van der Waals surface area contributed by atoms with Crippen LogP contribution < -0.4 is 4.74 Å². The summed E-state index contributed by atoms with van der Waals surface area (Å²) in [6.07, 6.45) is -0.268. The van der Waals surface area contributed by atoms with Gasteiger partial charge in [0.25, 0.3) is 0 Å². The maximum absolute atomic E-state index is 13.5. The second-order valence-electron chi connectivity index (χ2n) is 6.08. The summed E-state index contributed by atoms with van der Waals surface area (Å²) in [4.78, 5) is 40.4. The minimum Gasteiger partial charge on any atom is -0.484 e. The summed E-state index contributed by atoms with van der Waals surface area (Å²) in [5, 5.41) is 0. The predicted octanol–water partition coefficient (Wildman–Crippen LogP) is 0.106. The minimum absolute atomic E-state index is 0.117. The third-order valence-electron chi connectivity index (χ3n) is 4.44. The molecule has 3 rings (SSSR count). The van der Waals surface area contributed by atoms with Crippen LogP contribution in [0.3, 0.4) is 0 Å². The molecule has 1 aromatic rings. The number of para-hydroxylation sites is 1. The average molecular weight is 349 g/mol. The Kier molecular flexibility index (Phi) is 4.87. The van der Waals surface area contributed by atoms with Gasteiger partial charge < -0.3 is 19.4 Å². The Morgan fingerprint density at radius 1 is 1.16 bits per heavy atom. The smallest absolute Gasteiger partial charge is 0.312 e. The molecule has 3 amide bonds. The van der Waals surface area contributed by atoms with Crippen molar-refractivity contribution in [1.82, 2.24) is 14.7 Å². The Hall–Kier alpha value is -2.64. The molecule has 2 saturated heterocycles. The molecule has 8 heteroatoms. The standard InChI is InChI=1S/C17H20FN3O4/c1-2-19-7-8-20(17(24)16(19)23)11-15(22)21-9-12(10-21)25-14-6-4-3-5-13(14)18/h3-6,12H,2,7-11H2,1H3. The predicted molar refractivity (Wildman–Crippen MR) is 86.2 cm³/mol. The molecule has 2 fully saturated rings. The molecule has 0 atom stereocenters. The van der Waals surface area contributed by atoms with Gasteiger partial charge in [-0.1, -0.05) is 12.1 Å². The van der Waals surface area contributed by atoms with E-state index in [0.717, 1.165) is 0 Å². The monoisotopic (exact) mass is 349 g/mol. The highest BCUT2D eigenvalue weighted by Crippen LogP contribution is 2.21. The summed E-state index contributed by atoms with van der Waals surface area (Å²) >= 11 is 0. The molecule has 2 aliphatic heterocycles. The number of likely N-dealkylation sites (N-methyl/N-ethyl adjacent to an activating group) is 1. The lowest BCUT2D eigenvalue weighted by Crippen LogP contribution is -2.61. The van der Waals surface area contributed by atoms with Gasteiger partial charge in [0.1, 0.15) is 12.6 Å². The maximum atomic E-state index is 13.5. The maximum Gasteiger partial charge on any atom is 0.312 e. The van der Waals surface area contributed by atoms with Crippen molar-refractivity contribution in [3.8, 4) is 5.75 Å². The van der Waals surface area contributed by atoms with E-state index in [0.29, 0.717) is 32.7 Å². The fourth-order valence-electron chi connectivity index (χ4n) is 2.87. The number of ether oxygens (including phenoxy) is 1. The third kappa shape index (κ3) is 3.57. The van der Waals surface area contributed by atoms with Crippen molar-refractivity contribution in [2.24, 2.45) is 0 Å². The largest absolute Gasteiger partial charge is 0.484 e. The average Bonchev–Trinajstić information content (AvgIpc) is 2.56. The van der Waals surface area contributed by atoms with Crippen LogP contribution in [0, 0.1) is 5.82 Å². The number of benzene rings is 1. The van der Waals surface area contributed by atoms with Crippen molar-refractivity contribution in [1.29, 1.82) is 0 Å². The first-order chi connectivity index (χ1) is 12.0. The Morgan fingerprint density at radius 2 is 1.80 bits per heavy atom. The van der Waals surface area contributed by atoms with Crippen LogP contribution in [-0.2, 0) is 14.4 Å². The Balaban J connectivity index is 1.47. The fourth-order valence-corrected chi connectivity index (χ4v) is 2.87. The second kappa shape index (κ2) is 7.08. The van der Waals surface area contributed by atoms with Gasteiger partial charge >= 0.3 is 11.8 Å². The van der Waals surface area contributed by atoms with Gasteiger partial charge in [-0.3, -0.25) is 14.4 Å². The number of hydrogen-bond donors (Lipinski definition) is 0. The molecule has 7 nitrogen and oxygen atoms in total. The summed E-state index contributed by atoms with van der Waals surface area (Å²) < 4.78 is 19.0. The molecule has 25 heavy (non-hydrogen) atoms. The lowest BCUT2D eigenvalue weighted by Gasteiger charge is -2.40. The van der Waals surface area contributed by atoms with Crippen molar-refractivity contribution < 1.29 is 23.5 Å². The quantitative estimate of drug-likeness (QED) is 0.708. The number of carbonyl (C=O) groups excluding carboxylic acids is 3.